The lowest BCUT2D eigenvalue weighted by atomic mass is 10.0. The van der Waals surface area contributed by atoms with E-state index in [1.165, 1.54) is 30.3 Å². The zero-order valence-electron chi connectivity index (χ0n) is 37.5. The molecule has 28 N–H and O–H groups in total. The third kappa shape index (κ3) is 16.1. The number of aromatic carboxylic acids is 1. The van der Waals surface area contributed by atoms with E-state index in [0.717, 1.165) is 12.1 Å². The Labute approximate surface area is 411 Å². The summed E-state index contributed by atoms with van der Waals surface area (Å²) >= 11 is 0. The van der Waals surface area contributed by atoms with E-state index in [1.54, 1.807) is 5.48 Å². The molecule has 0 saturated heterocycles. The van der Waals surface area contributed by atoms with Gasteiger partial charge in [-0.15, -0.1) is 4.99 Å². The molecule has 6 atom stereocenters. The van der Waals surface area contributed by atoms with Crippen LogP contribution in [-0.2, 0) is 40.3 Å². The molecule has 396 valence electrons. The number of amides is 6. The highest BCUT2D eigenvalue weighted by atomic mass is 17.2. The molecule has 6 unspecified atom stereocenters. The number of rotatable bonds is 25. The Morgan fingerprint density at radius 2 is 1.08 bits per heavy atom. The number of guanidine groups is 4. The zero-order valence-corrected chi connectivity index (χ0v) is 37.5. The van der Waals surface area contributed by atoms with Crippen LogP contribution < -0.4 is 88.6 Å². The monoisotopic (exact) mass is 1040 g/mol. The molecule has 6 amide bonds. The van der Waals surface area contributed by atoms with Crippen molar-refractivity contribution in [2.24, 2.45) is 71.6 Å². The second kappa shape index (κ2) is 25.6. The minimum Gasteiger partial charge on any atom is -0.505 e. The number of phenolic OH excluding ortho intramolecular Hbond substituents is 1. The van der Waals surface area contributed by atoms with Crippen LogP contribution in [0.15, 0.2) is 80.6 Å². The third-order valence-corrected chi connectivity index (χ3v) is 9.07. The molecule has 3 aromatic rings. The number of carbonyl (C=O) groups is 7. The first-order valence-corrected chi connectivity index (χ1v) is 19.9. The number of nitrogens with two attached hydrogens (primary N) is 9. The van der Waals surface area contributed by atoms with E-state index in [-0.39, 0.29) is 5.56 Å². The Morgan fingerprint density at radius 1 is 0.622 bits per heavy atom. The van der Waals surface area contributed by atoms with Gasteiger partial charge in [0.15, 0.2) is 23.8 Å². The third-order valence-electron chi connectivity index (χ3n) is 9.07. The number of anilines is 2. The highest BCUT2D eigenvalue weighted by Crippen LogP contribution is 2.36. The molecule has 0 radical (unpaired) electrons. The maximum Gasteiger partial charge on any atom is 0.338 e. The number of primary amides is 1. The van der Waals surface area contributed by atoms with Crippen LogP contribution in [0.25, 0.3) is 0 Å². The number of carboxylic acid groups (broad SMARTS) is 1. The molecule has 74 heavy (non-hydrogen) atoms. The molecule has 0 fully saturated rings. The molecular formula is C36H46N22O16. The molecule has 0 aliphatic carbocycles. The first kappa shape index (κ1) is 57.4. The molecular weight excluding hydrogens is 997 g/mol. The standard InChI is InChI=1S/C36H46N22O16/c37-21(60)22(51-33(38)39)47-27(62)24(53-35(42)43)49-29(64)25(54-36(44)45)50-28(63)23(52-34(40)41)48-26(61)19(12-4-2-1-3-5-12)46-30(65)31(66)56(18-7-6-14(57(69)70)9-16(18)32(67)68)11-13-8-15(58(71)72)10-17(20(13)59)55-74-73/h1-10,19,22-25,31,55,59,66,73H,11H2,(H2,37,60)(H,46,65)(H,47,62)(H,48,61)(H,49,64)(H,50,63)(H,67,68)(H4,38,39,51)(H4,40,41,52)(H4,42,43,53)(H4,44,45,54). The Kier molecular flexibility index (Phi) is 19.9. The molecule has 0 heterocycles. The smallest absolute Gasteiger partial charge is 0.338 e. The van der Waals surface area contributed by atoms with Crippen molar-refractivity contribution < 1.29 is 69.0 Å². The van der Waals surface area contributed by atoms with Gasteiger partial charge in [0, 0.05) is 36.4 Å². The number of hydrogen-bond donors (Lipinski definition) is 19. The average Bonchev–Trinajstić information content (AvgIpc) is 3.31. The summed E-state index contributed by atoms with van der Waals surface area (Å²) in [6.07, 6.45) is -11.4. The fraction of sp³-hybridized carbons (Fsp3) is 0.194. The van der Waals surface area contributed by atoms with Gasteiger partial charge < -0.3 is 98.4 Å². The predicted molar refractivity (Wildman–Crippen MR) is 252 cm³/mol. The van der Waals surface area contributed by atoms with Crippen molar-refractivity contribution in [1.29, 1.82) is 0 Å². The summed E-state index contributed by atoms with van der Waals surface area (Å²) in [5.74, 6) is -14.9. The summed E-state index contributed by atoms with van der Waals surface area (Å²) < 4.78 is 0. The summed E-state index contributed by atoms with van der Waals surface area (Å²) in [5.41, 5.74) is 45.7. The average molecular weight is 1040 g/mol. The lowest BCUT2D eigenvalue weighted by Gasteiger charge is -2.32. The number of nitro benzene ring substituents is 2. The van der Waals surface area contributed by atoms with Gasteiger partial charge >= 0.3 is 5.97 Å². The van der Waals surface area contributed by atoms with Gasteiger partial charge in [-0.25, -0.2) is 35.5 Å². The molecule has 3 aromatic carbocycles. The minimum atomic E-state index is -2.72. The van der Waals surface area contributed by atoms with E-state index >= 15 is 0 Å². The molecule has 0 bridgehead atoms. The van der Waals surface area contributed by atoms with E-state index in [4.69, 9.17) is 56.9 Å². The van der Waals surface area contributed by atoms with Crippen molar-refractivity contribution in [1.82, 2.24) is 26.6 Å². The van der Waals surface area contributed by atoms with Gasteiger partial charge in [-0.1, -0.05) is 30.3 Å². The maximum absolute atomic E-state index is 14.2. The van der Waals surface area contributed by atoms with Crippen molar-refractivity contribution in [2.75, 3.05) is 10.4 Å². The van der Waals surface area contributed by atoms with Gasteiger partial charge in [0.1, 0.15) is 17.5 Å². The van der Waals surface area contributed by atoms with Crippen LogP contribution in [0.4, 0.5) is 22.7 Å². The number of hydrogen-bond acceptors (Lipinski definition) is 21. The summed E-state index contributed by atoms with van der Waals surface area (Å²) in [7, 11) is 0. The van der Waals surface area contributed by atoms with Crippen LogP contribution in [0.3, 0.4) is 0 Å². The number of aromatic hydroxyl groups is 1. The molecule has 3 rings (SSSR count). The van der Waals surface area contributed by atoms with E-state index in [1.807, 2.05) is 16.0 Å². The number of nitrogens with one attached hydrogen (secondary N) is 6. The van der Waals surface area contributed by atoms with E-state index in [0.29, 0.717) is 23.1 Å². The summed E-state index contributed by atoms with van der Waals surface area (Å²) in [4.78, 5) is 133. The molecule has 38 heteroatoms. The first-order valence-electron chi connectivity index (χ1n) is 19.9. The highest BCUT2D eigenvalue weighted by molar-refractivity contribution is 6.00. The van der Waals surface area contributed by atoms with Crippen LogP contribution in [0.1, 0.15) is 27.5 Å². The Bertz CT molecular complexity index is 2780. The largest absolute Gasteiger partial charge is 0.505 e. The number of carboxylic acids is 1. The van der Waals surface area contributed by atoms with Crippen molar-refractivity contribution in [3.8, 4) is 5.75 Å². The summed E-state index contributed by atoms with van der Waals surface area (Å²) in [6, 6.07) is 8.07. The number of aliphatic hydroxyl groups excluding tert-OH is 1. The Hall–Kier alpha value is -10.9. The number of aliphatic hydroxyl groups is 1. The Morgan fingerprint density at radius 3 is 1.51 bits per heavy atom. The number of non-ortho nitro benzene ring substituents is 2. The topological polar surface area (TPSA) is 655 Å². The molecule has 0 spiro atoms. The van der Waals surface area contributed by atoms with Gasteiger partial charge in [0.25, 0.3) is 40.9 Å². The normalized spacial score (nSPS) is 12.9. The number of aliphatic imine (C=N–C) groups is 4. The Balaban J connectivity index is 2.10. The number of carbonyl (C=O) groups excluding carboxylic acids is 6. The molecule has 0 aliphatic heterocycles. The zero-order chi connectivity index (χ0) is 55.7. The summed E-state index contributed by atoms with van der Waals surface area (Å²) in [6.45, 7) is -1.07. The number of benzene rings is 3. The SMILES string of the molecule is NC(=O)C(N=C(N)N)NC(=O)C(N=C(N)N)NC(=O)C(N=C(N)N)NC(=O)C(N=C(N)N)NC(=O)C(NC(=O)C(O)N(Cc1cc([N+](=O)[O-])cc(NOO)c1O)c1ccc([N+](=O)[O-])cc1C(=O)O)c1ccccc1. The van der Waals surface area contributed by atoms with Crippen LogP contribution >= 0.6 is 0 Å². The van der Waals surface area contributed by atoms with Crippen LogP contribution in [0.2, 0.25) is 0 Å². The van der Waals surface area contributed by atoms with Crippen LogP contribution in [0.5, 0.6) is 5.75 Å². The van der Waals surface area contributed by atoms with E-state index in [9.17, 15) is 69.1 Å². The van der Waals surface area contributed by atoms with Gasteiger partial charge in [-0.3, -0.25) is 49.0 Å². The van der Waals surface area contributed by atoms with Crippen molar-refractivity contribution in [3.63, 3.8) is 0 Å². The van der Waals surface area contributed by atoms with Gasteiger partial charge in [-0.2, -0.15) is 0 Å². The number of nitro groups is 2. The van der Waals surface area contributed by atoms with Crippen molar-refractivity contribution in [3.05, 3.63) is 97.6 Å². The second-order valence-electron chi connectivity index (χ2n) is 14.3. The van der Waals surface area contributed by atoms with Crippen LogP contribution in [0, 0.1) is 20.2 Å². The molecule has 0 saturated carbocycles. The molecule has 0 aromatic heterocycles. The van der Waals surface area contributed by atoms with Crippen molar-refractivity contribution in [2.45, 2.75) is 43.5 Å². The van der Waals surface area contributed by atoms with Crippen molar-refractivity contribution >= 4 is 88.0 Å². The van der Waals surface area contributed by atoms with Gasteiger partial charge in [-0.05, 0) is 11.6 Å². The quantitative estimate of drug-likeness (QED) is 0.00713. The number of phenols is 1. The highest BCUT2D eigenvalue weighted by Gasteiger charge is 2.36. The van der Waals surface area contributed by atoms with Crippen LogP contribution in [-0.4, -0.2) is 127 Å². The van der Waals surface area contributed by atoms with E-state index < -0.39 is 158 Å². The predicted octanol–water partition coefficient (Wildman–Crippen LogP) is -7.75. The van der Waals surface area contributed by atoms with Gasteiger partial charge in [0.2, 0.25) is 36.8 Å². The fourth-order valence-electron chi connectivity index (χ4n) is 5.97. The molecule has 38 nitrogen and oxygen atoms in total. The lowest BCUT2D eigenvalue weighted by molar-refractivity contribution is -0.385. The lowest BCUT2D eigenvalue weighted by Crippen LogP contribution is -2.58. The van der Waals surface area contributed by atoms with E-state index in [2.05, 4.69) is 35.6 Å². The second-order valence-corrected chi connectivity index (χ2v) is 14.3. The fourth-order valence-corrected chi connectivity index (χ4v) is 5.97. The maximum atomic E-state index is 14.2. The summed E-state index contributed by atoms with van der Waals surface area (Å²) in [5, 5.41) is 75.3. The first-order chi connectivity index (χ1) is 34.6. The number of nitrogens with zero attached hydrogens (tertiary/aromatic N) is 7. The minimum absolute atomic E-state index is 0.126. The van der Waals surface area contributed by atoms with Gasteiger partial charge in [0.05, 0.1) is 21.1 Å². The molecule has 0 aliphatic rings.